The Morgan fingerprint density at radius 1 is 1.55 bits per heavy atom. The van der Waals surface area contributed by atoms with Gasteiger partial charge in [-0.05, 0) is 17.7 Å². The number of amides is 2. The Kier molecular flexibility index (Phi) is 4.89. The molecular weight excluding hydrogens is 262 g/mol. The van der Waals surface area contributed by atoms with E-state index in [4.69, 9.17) is 9.47 Å². The molecule has 0 radical (unpaired) electrons. The lowest BCUT2D eigenvalue weighted by Crippen LogP contribution is -2.46. The van der Waals surface area contributed by atoms with Gasteiger partial charge < -0.3 is 14.8 Å². The number of nitrogens with one attached hydrogen (secondary N) is 1. The lowest BCUT2D eigenvalue weighted by Gasteiger charge is -2.20. The van der Waals surface area contributed by atoms with Crippen LogP contribution in [0.1, 0.15) is 5.56 Å². The van der Waals surface area contributed by atoms with Crippen LogP contribution in [0.3, 0.4) is 0 Å². The van der Waals surface area contributed by atoms with E-state index in [2.05, 4.69) is 10.3 Å². The van der Waals surface area contributed by atoms with Crippen molar-refractivity contribution in [2.24, 2.45) is 0 Å². The largest absolute Gasteiger partial charge is 0.447 e. The van der Waals surface area contributed by atoms with Crippen LogP contribution in [0.2, 0.25) is 0 Å². The number of cyclic esters (lactones) is 1. The topological polar surface area (TPSA) is 80.8 Å². The first-order chi connectivity index (χ1) is 9.72. The molecule has 1 aromatic heterocycles. The van der Waals surface area contributed by atoms with Gasteiger partial charge in [0, 0.05) is 26.0 Å². The zero-order chi connectivity index (χ0) is 14.4. The number of aromatic nitrogens is 1. The molecule has 0 aliphatic carbocycles. The second-order valence-corrected chi connectivity index (χ2v) is 4.36. The maximum absolute atomic E-state index is 12.0. The van der Waals surface area contributed by atoms with E-state index >= 15 is 0 Å². The summed E-state index contributed by atoms with van der Waals surface area (Å²) in [6.07, 6.45) is 2.81. The number of carbonyl (C=O) groups excluding carboxylic acids is 2. The lowest BCUT2D eigenvalue weighted by molar-refractivity contribution is -0.125. The molecule has 108 valence electrons. The number of rotatable bonds is 6. The molecular formula is C13H17N3O4. The van der Waals surface area contributed by atoms with Crippen LogP contribution in [0.5, 0.6) is 0 Å². The molecule has 7 nitrogen and oxygen atoms in total. The van der Waals surface area contributed by atoms with E-state index in [9.17, 15) is 9.59 Å². The number of hydrogen-bond donors (Lipinski definition) is 1. The molecule has 1 saturated heterocycles. The highest BCUT2D eigenvalue weighted by molar-refractivity contribution is 5.87. The Balaban J connectivity index is 1.97. The monoisotopic (exact) mass is 279 g/mol. The van der Waals surface area contributed by atoms with Gasteiger partial charge in [0.15, 0.2) is 0 Å². The average Bonchev–Trinajstić information content (AvgIpc) is 2.82. The van der Waals surface area contributed by atoms with Gasteiger partial charge in [-0.25, -0.2) is 4.79 Å². The highest BCUT2D eigenvalue weighted by Crippen LogP contribution is 2.16. The molecule has 1 aromatic rings. The smallest absolute Gasteiger partial charge is 0.410 e. The van der Waals surface area contributed by atoms with Gasteiger partial charge in [-0.1, -0.05) is 0 Å². The SMILES string of the molecule is COCCNC(=O)[C@@H]1COC(=O)N1Cc1ccncc1. The van der Waals surface area contributed by atoms with E-state index in [0.717, 1.165) is 5.56 Å². The number of ether oxygens (including phenoxy) is 2. The van der Waals surface area contributed by atoms with Crippen molar-refractivity contribution in [2.75, 3.05) is 26.9 Å². The lowest BCUT2D eigenvalue weighted by atomic mass is 10.2. The van der Waals surface area contributed by atoms with E-state index in [1.54, 1.807) is 31.6 Å². The first-order valence-electron chi connectivity index (χ1n) is 6.31. The predicted octanol–water partition coefficient (Wildman–Crippen LogP) is 0.165. The Bertz CT molecular complexity index is 466. The third-order valence-electron chi connectivity index (χ3n) is 2.99. The minimum absolute atomic E-state index is 0.0722. The summed E-state index contributed by atoms with van der Waals surface area (Å²) >= 11 is 0. The third kappa shape index (κ3) is 3.45. The van der Waals surface area contributed by atoms with Crippen molar-refractivity contribution in [3.8, 4) is 0 Å². The van der Waals surface area contributed by atoms with Gasteiger partial charge in [-0.15, -0.1) is 0 Å². The van der Waals surface area contributed by atoms with Gasteiger partial charge >= 0.3 is 6.09 Å². The second-order valence-electron chi connectivity index (χ2n) is 4.36. The zero-order valence-electron chi connectivity index (χ0n) is 11.2. The van der Waals surface area contributed by atoms with Crippen LogP contribution in [0, 0.1) is 0 Å². The van der Waals surface area contributed by atoms with Crippen molar-refractivity contribution in [1.29, 1.82) is 0 Å². The standard InChI is InChI=1S/C13H17N3O4/c1-19-7-6-15-12(17)11-9-20-13(18)16(11)8-10-2-4-14-5-3-10/h2-5,11H,6-9H2,1H3,(H,15,17)/t11-/m0/s1. The highest BCUT2D eigenvalue weighted by Gasteiger charge is 2.37. The third-order valence-corrected chi connectivity index (χ3v) is 2.99. The normalized spacial score (nSPS) is 17.9. The van der Waals surface area contributed by atoms with Crippen molar-refractivity contribution in [2.45, 2.75) is 12.6 Å². The number of carbonyl (C=O) groups is 2. The van der Waals surface area contributed by atoms with Crippen LogP contribution >= 0.6 is 0 Å². The molecule has 2 amide bonds. The van der Waals surface area contributed by atoms with E-state index in [-0.39, 0.29) is 12.5 Å². The van der Waals surface area contributed by atoms with Crippen LogP contribution in [-0.2, 0) is 20.8 Å². The van der Waals surface area contributed by atoms with E-state index in [0.29, 0.717) is 19.7 Å². The Morgan fingerprint density at radius 2 is 2.30 bits per heavy atom. The summed E-state index contributed by atoms with van der Waals surface area (Å²) in [6.45, 7) is 1.23. The second kappa shape index (κ2) is 6.85. The van der Waals surface area contributed by atoms with Gasteiger partial charge in [-0.2, -0.15) is 0 Å². The minimum Gasteiger partial charge on any atom is -0.447 e. The predicted molar refractivity (Wildman–Crippen MR) is 69.8 cm³/mol. The number of hydrogen-bond acceptors (Lipinski definition) is 5. The summed E-state index contributed by atoms with van der Waals surface area (Å²) in [5, 5.41) is 2.71. The molecule has 1 aliphatic heterocycles. The van der Waals surface area contributed by atoms with Gasteiger partial charge in [0.25, 0.3) is 0 Å². The molecule has 1 fully saturated rings. The van der Waals surface area contributed by atoms with Gasteiger partial charge in [0.2, 0.25) is 5.91 Å². The number of methoxy groups -OCH3 is 1. The molecule has 0 unspecified atom stereocenters. The fourth-order valence-electron chi connectivity index (χ4n) is 1.92. The molecule has 7 heteroatoms. The zero-order valence-corrected chi connectivity index (χ0v) is 11.2. The fourth-order valence-corrected chi connectivity index (χ4v) is 1.92. The summed E-state index contributed by atoms with van der Waals surface area (Å²) in [5.74, 6) is -0.234. The molecule has 0 saturated carbocycles. The van der Waals surface area contributed by atoms with Crippen LogP contribution in [-0.4, -0.2) is 54.8 Å². The van der Waals surface area contributed by atoms with Crippen LogP contribution in [0.15, 0.2) is 24.5 Å². The van der Waals surface area contributed by atoms with Crippen LogP contribution in [0.25, 0.3) is 0 Å². The first kappa shape index (κ1) is 14.3. The Hall–Kier alpha value is -2.15. The summed E-state index contributed by atoms with van der Waals surface area (Å²) < 4.78 is 9.82. The van der Waals surface area contributed by atoms with Crippen molar-refractivity contribution in [1.82, 2.24) is 15.2 Å². The van der Waals surface area contributed by atoms with Gasteiger partial charge in [0.05, 0.1) is 13.2 Å². The fraction of sp³-hybridized carbons (Fsp3) is 0.462. The molecule has 0 bridgehead atoms. The number of nitrogens with zero attached hydrogens (tertiary/aromatic N) is 2. The van der Waals surface area contributed by atoms with E-state index in [1.165, 1.54) is 4.90 Å². The summed E-state index contributed by atoms with van der Waals surface area (Å²) in [5.41, 5.74) is 0.897. The van der Waals surface area contributed by atoms with Crippen molar-refractivity contribution < 1.29 is 19.1 Å². The molecule has 1 aliphatic rings. The van der Waals surface area contributed by atoms with Crippen molar-refractivity contribution in [3.05, 3.63) is 30.1 Å². The maximum atomic E-state index is 12.0. The van der Waals surface area contributed by atoms with Crippen molar-refractivity contribution in [3.63, 3.8) is 0 Å². The molecule has 2 rings (SSSR count). The van der Waals surface area contributed by atoms with Crippen LogP contribution in [0.4, 0.5) is 4.79 Å². The summed E-state index contributed by atoms with van der Waals surface area (Å²) in [7, 11) is 1.56. The summed E-state index contributed by atoms with van der Waals surface area (Å²) in [6, 6.07) is 2.99. The van der Waals surface area contributed by atoms with E-state index < -0.39 is 12.1 Å². The minimum atomic E-state index is -0.604. The van der Waals surface area contributed by atoms with Gasteiger partial charge in [-0.3, -0.25) is 14.7 Å². The molecule has 2 heterocycles. The Morgan fingerprint density at radius 3 is 3.00 bits per heavy atom. The quantitative estimate of drug-likeness (QED) is 0.750. The summed E-state index contributed by atoms with van der Waals surface area (Å²) in [4.78, 5) is 29.0. The van der Waals surface area contributed by atoms with Crippen molar-refractivity contribution >= 4 is 12.0 Å². The molecule has 1 N–H and O–H groups in total. The average molecular weight is 279 g/mol. The Labute approximate surface area is 116 Å². The molecule has 0 aromatic carbocycles. The van der Waals surface area contributed by atoms with Gasteiger partial charge in [0.1, 0.15) is 12.6 Å². The highest BCUT2D eigenvalue weighted by atomic mass is 16.6. The molecule has 1 atom stereocenters. The molecule has 20 heavy (non-hydrogen) atoms. The van der Waals surface area contributed by atoms with E-state index in [1.807, 2.05) is 0 Å². The van der Waals surface area contributed by atoms with Crippen LogP contribution < -0.4 is 5.32 Å². The number of pyridine rings is 1. The maximum Gasteiger partial charge on any atom is 0.410 e. The molecule has 0 spiro atoms. The first-order valence-corrected chi connectivity index (χ1v) is 6.31.